The van der Waals surface area contributed by atoms with Gasteiger partial charge in [0.15, 0.2) is 0 Å². The van der Waals surface area contributed by atoms with Gasteiger partial charge in [-0.1, -0.05) is 6.07 Å². The minimum Gasteiger partial charge on any atom is -0.453 e. The third-order valence-corrected chi connectivity index (χ3v) is 7.00. The van der Waals surface area contributed by atoms with E-state index in [1.165, 1.54) is 7.11 Å². The van der Waals surface area contributed by atoms with Gasteiger partial charge in [0.2, 0.25) is 11.8 Å². The molecular weight excluding hydrogens is 450 g/mol. The lowest BCUT2D eigenvalue weighted by Crippen LogP contribution is -2.59. The molecule has 0 radical (unpaired) electrons. The van der Waals surface area contributed by atoms with E-state index in [-0.39, 0.29) is 30.4 Å². The van der Waals surface area contributed by atoms with E-state index in [0.717, 1.165) is 42.0 Å². The highest BCUT2D eigenvalue weighted by Gasteiger charge is 2.39. The van der Waals surface area contributed by atoms with E-state index in [2.05, 4.69) is 15.2 Å². The van der Waals surface area contributed by atoms with Gasteiger partial charge < -0.3 is 14.5 Å². The van der Waals surface area contributed by atoms with E-state index >= 15 is 0 Å². The number of benzene rings is 1. The summed E-state index contributed by atoms with van der Waals surface area (Å²) >= 11 is 0. The lowest BCUT2D eigenvalue weighted by atomic mass is 10.0. The average Bonchev–Trinajstić information content (AvgIpc) is 3.15. The van der Waals surface area contributed by atoms with Gasteiger partial charge in [-0.15, -0.1) is 0 Å². The molecule has 4 heterocycles. The minimum atomic E-state index is -0.629. The summed E-state index contributed by atoms with van der Waals surface area (Å²) in [6.07, 6.45) is 2.02. The molecule has 3 aliphatic rings. The number of aromatic nitrogens is 1. The first-order valence-electron chi connectivity index (χ1n) is 11.6. The number of pyridine rings is 1. The average molecular weight is 478 g/mol. The molecule has 3 aliphatic heterocycles. The van der Waals surface area contributed by atoms with E-state index < -0.39 is 11.9 Å². The molecule has 2 aromatic rings. The van der Waals surface area contributed by atoms with Crippen molar-refractivity contribution in [2.75, 3.05) is 27.2 Å². The number of fused-ring (bicyclic) bond motifs is 1. The number of imide groups is 1. The van der Waals surface area contributed by atoms with Crippen LogP contribution in [-0.4, -0.2) is 82.8 Å². The number of nitrogens with zero attached hydrogens (tertiary/aromatic N) is 4. The zero-order chi connectivity index (χ0) is 24.7. The first kappa shape index (κ1) is 23.0. The molecule has 0 spiro atoms. The van der Waals surface area contributed by atoms with Crippen LogP contribution in [0.3, 0.4) is 0 Å². The maximum atomic E-state index is 12.9. The molecule has 35 heavy (non-hydrogen) atoms. The molecule has 1 atom stereocenters. The predicted molar refractivity (Wildman–Crippen MR) is 125 cm³/mol. The number of methoxy groups -OCH3 is 1. The van der Waals surface area contributed by atoms with Crippen molar-refractivity contribution in [3.63, 3.8) is 0 Å². The molecule has 0 aliphatic carbocycles. The van der Waals surface area contributed by atoms with Crippen LogP contribution in [-0.2, 0) is 27.4 Å². The number of carbonyl (C=O) groups excluding carboxylic acids is 4. The summed E-state index contributed by atoms with van der Waals surface area (Å²) in [5, 5.41) is 2.33. The molecule has 1 N–H and O–H groups in total. The van der Waals surface area contributed by atoms with Crippen LogP contribution in [0.15, 0.2) is 36.5 Å². The zero-order valence-electron chi connectivity index (χ0n) is 19.7. The predicted octanol–water partition coefficient (Wildman–Crippen LogP) is 1.39. The Morgan fingerprint density at radius 3 is 2.74 bits per heavy atom. The van der Waals surface area contributed by atoms with Crippen LogP contribution < -0.4 is 5.32 Å². The third-order valence-electron chi connectivity index (χ3n) is 7.00. The van der Waals surface area contributed by atoms with Crippen LogP contribution in [0.1, 0.15) is 34.3 Å². The summed E-state index contributed by atoms with van der Waals surface area (Å²) in [7, 11) is 3.13. The number of hydrogen-bond donors (Lipinski definition) is 1. The van der Waals surface area contributed by atoms with Crippen molar-refractivity contribution in [3.8, 4) is 11.3 Å². The van der Waals surface area contributed by atoms with Crippen LogP contribution >= 0.6 is 0 Å². The summed E-state index contributed by atoms with van der Waals surface area (Å²) in [6.45, 7) is 2.63. The minimum absolute atomic E-state index is 0.144. The Balaban J connectivity index is 1.26. The number of likely N-dealkylation sites (N-methyl/N-ethyl adjacent to an activating group) is 1. The van der Waals surface area contributed by atoms with Gasteiger partial charge in [0.25, 0.3) is 5.91 Å². The number of likely N-dealkylation sites (tertiary alicyclic amines) is 1. The van der Waals surface area contributed by atoms with Crippen molar-refractivity contribution >= 4 is 23.8 Å². The van der Waals surface area contributed by atoms with E-state index in [1.807, 2.05) is 24.3 Å². The number of amides is 4. The number of carbonyl (C=O) groups is 4. The number of hydrogen-bond acceptors (Lipinski definition) is 7. The van der Waals surface area contributed by atoms with Gasteiger partial charge in [0.1, 0.15) is 6.04 Å². The molecule has 10 nitrogen and oxygen atoms in total. The molecule has 5 rings (SSSR count). The molecule has 2 saturated heterocycles. The number of nitrogens with one attached hydrogen (secondary N) is 1. The Morgan fingerprint density at radius 2 is 2.00 bits per heavy atom. The van der Waals surface area contributed by atoms with Gasteiger partial charge in [0.05, 0.1) is 18.8 Å². The van der Waals surface area contributed by atoms with Crippen molar-refractivity contribution in [3.05, 3.63) is 53.2 Å². The normalized spacial score (nSPS) is 20.3. The van der Waals surface area contributed by atoms with Gasteiger partial charge in [0, 0.05) is 57.0 Å². The van der Waals surface area contributed by atoms with Gasteiger partial charge in [-0.05, 0) is 41.8 Å². The maximum absolute atomic E-state index is 12.9. The molecule has 2 fully saturated rings. The molecule has 0 bridgehead atoms. The van der Waals surface area contributed by atoms with Crippen LogP contribution in [0, 0.1) is 0 Å². The van der Waals surface area contributed by atoms with Crippen molar-refractivity contribution in [2.24, 2.45) is 0 Å². The largest absolute Gasteiger partial charge is 0.453 e. The number of piperidine rings is 1. The fourth-order valence-electron chi connectivity index (χ4n) is 4.93. The van der Waals surface area contributed by atoms with E-state index in [9.17, 15) is 19.2 Å². The van der Waals surface area contributed by atoms with Gasteiger partial charge in [-0.3, -0.25) is 29.6 Å². The molecule has 0 saturated carbocycles. The van der Waals surface area contributed by atoms with Crippen molar-refractivity contribution < 1.29 is 23.9 Å². The van der Waals surface area contributed by atoms with Crippen molar-refractivity contribution in [1.29, 1.82) is 0 Å². The Kier molecular flexibility index (Phi) is 5.98. The van der Waals surface area contributed by atoms with Gasteiger partial charge in [-0.25, -0.2) is 4.79 Å². The number of ether oxygens (including phenoxy) is 1. The highest BCUT2D eigenvalue weighted by atomic mass is 16.5. The van der Waals surface area contributed by atoms with E-state index in [4.69, 9.17) is 4.74 Å². The van der Waals surface area contributed by atoms with E-state index in [1.54, 1.807) is 29.1 Å². The smallest absolute Gasteiger partial charge is 0.409 e. The molecule has 0 unspecified atom stereocenters. The van der Waals surface area contributed by atoms with Crippen molar-refractivity contribution in [1.82, 2.24) is 25.0 Å². The SMILES string of the molecule is COC(=O)N(C)C1CN(Cc2ccnc(-c3ccc4c(c3)CN([C@H]3CCC(=O)NC3=O)C4=O)c2)C1. The summed E-state index contributed by atoms with van der Waals surface area (Å²) in [4.78, 5) is 58.3. The van der Waals surface area contributed by atoms with Crippen LogP contribution in [0.5, 0.6) is 0 Å². The second kappa shape index (κ2) is 9.10. The lowest BCUT2D eigenvalue weighted by molar-refractivity contribution is -0.136. The van der Waals surface area contributed by atoms with Gasteiger partial charge in [-0.2, -0.15) is 0 Å². The second-order valence-electron chi connectivity index (χ2n) is 9.25. The quantitative estimate of drug-likeness (QED) is 0.648. The molecular formula is C25H27N5O5. The Bertz CT molecular complexity index is 1210. The Labute approximate surface area is 202 Å². The molecule has 182 valence electrons. The second-order valence-corrected chi connectivity index (χ2v) is 9.25. The maximum Gasteiger partial charge on any atom is 0.409 e. The van der Waals surface area contributed by atoms with Crippen LogP contribution in [0.4, 0.5) is 4.79 Å². The number of rotatable bonds is 5. The lowest BCUT2D eigenvalue weighted by Gasteiger charge is -2.43. The van der Waals surface area contributed by atoms with Crippen LogP contribution in [0.25, 0.3) is 11.3 Å². The summed E-state index contributed by atoms with van der Waals surface area (Å²) in [5.74, 6) is -0.900. The third kappa shape index (κ3) is 4.37. The Hall–Kier alpha value is -3.79. The molecule has 10 heteroatoms. The fraction of sp³-hybridized carbons (Fsp3) is 0.400. The monoisotopic (exact) mass is 477 g/mol. The molecule has 4 amide bonds. The van der Waals surface area contributed by atoms with Crippen LogP contribution in [0.2, 0.25) is 0 Å². The first-order chi connectivity index (χ1) is 16.8. The fourth-order valence-corrected chi connectivity index (χ4v) is 4.93. The first-order valence-corrected chi connectivity index (χ1v) is 11.6. The highest BCUT2D eigenvalue weighted by Crippen LogP contribution is 2.31. The topological polar surface area (TPSA) is 112 Å². The van der Waals surface area contributed by atoms with Crippen molar-refractivity contribution in [2.45, 2.75) is 38.0 Å². The zero-order valence-corrected chi connectivity index (χ0v) is 19.7. The molecule has 1 aromatic carbocycles. The Morgan fingerprint density at radius 1 is 1.20 bits per heavy atom. The summed E-state index contributed by atoms with van der Waals surface area (Å²) in [5.41, 5.74) is 4.24. The summed E-state index contributed by atoms with van der Waals surface area (Å²) < 4.78 is 4.78. The standard InChI is InChI=1S/C25H27N5O5/c1-28(25(34)35-2)18-13-29(14-18)11-15-7-8-26-20(9-15)16-3-4-19-17(10-16)12-30(24(19)33)21-5-6-22(31)27-23(21)32/h3-4,7-10,18,21H,5-6,11-14H2,1-2H3,(H,27,31,32)/t21-/m0/s1. The van der Waals surface area contributed by atoms with Gasteiger partial charge >= 0.3 is 6.09 Å². The highest BCUT2D eigenvalue weighted by molar-refractivity contribution is 6.05. The summed E-state index contributed by atoms with van der Waals surface area (Å²) in [6, 6.07) is 9.14. The molecule has 1 aromatic heterocycles. The van der Waals surface area contributed by atoms with E-state index in [0.29, 0.717) is 18.5 Å².